The topological polar surface area (TPSA) is 110 Å². The van der Waals surface area contributed by atoms with E-state index in [4.69, 9.17) is 18.3 Å². The molecule has 1 aliphatic rings. The van der Waals surface area contributed by atoms with Gasteiger partial charge < -0.3 is 20.7 Å². The SMILES string of the molecule is [B]C(O)(Oc1cc(-c2cnn(C3CCN(CC(F)(F)F)CC3)c2)cnc1N)c1cccc(C#CC(C)(C)O)c1. The van der Waals surface area contributed by atoms with Gasteiger partial charge in [-0.05, 0) is 44.9 Å². The summed E-state index contributed by atoms with van der Waals surface area (Å²) in [5.41, 5.74) is 4.55. The molecule has 1 aromatic carbocycles. The van der Waals surface area contributed by atoms with E-state index < -0.39 is 24.0 Å². The molecule has 1 saturated heterocycles. The Morgan fingerprint density at radius 2 is 1.85 bits per heavy atom. The highest BCUT2D eigenvalue weighted by Gasteiger charge is 2.33. The van der Waals surface area contributed by atoms with Crippen LogP contribution < -0.4 is 10.5 Å². The Labute approximate surface area is 226 Å². The van der Waals surface area contributed by atoms with E-state index in [0.717, 1.165) is 0 Å². The predicted molar refractivity (Wildman–Crippen MR) is 141 cm³/mol. The zero-order valence-corrected chi connectivity index (χ0v) is 21.6. The van der Waals surface area contributed by atoms with Crippen LogP contribution in [0.25, 0.3) is 11.1 Å². The number of hydrogen-bond acceptors (Lipinski definition) is 7. The van der Waals surface area contributed by atoms with Crippen LogP contribution in [0.1, 0.15) is 43.9 Å². The number of pyridine rings is 1. The van der Waals surface area contributed by atoms with Gasteiger partial charge in [0.2, 0.25) is 0 Å². The normalized spacial score (nSPS) is 16.8. The molecular formula is C27H29BF3N5O3. The molecule has 0 spiro atoms. The van der Waals surface area contributed by atoms with E-state index >= 15 is 0 Å². The first-order valence-electron chi connectivity index (χ1n) is 12.3. The van der Waals surface area contributed by atoms with Gasteiger partial charge in [0.1, 0.15) is 5.60 Å². The molecule has 1 atom stereocenters. The second kappa shape index (κ2) is 10.9. The maximum Gasteiger partial charge on any atom is 0.401 e. The second-order valence-electron chi connectivity index (χ2n) is 10.1. The van der Waals surface area contributed by atoms with Gasteiger partial charge in [0, 0.05) is 47.7 Å². The Bertz CT molecular complexity index is 1370. The summed E-state index contributed by atoms with van der Waals surface area (Å²) < 4.78 is 45.5. The second-order valence-corrected chi connectivity index (χ2v) is 10.1. The van der Waals surface area contributed by atoms with Crippen molar-refractivity contribution in [2.75, 3.05) is 25.4 Å². The molecule has 3 aromatic rings. The molecule has 4 N–H and O–H groups in total. The molecule has 8 nitrogen and oxygen atoms in total. The number of nitrogen functional groups attached to an aromatic ring is 1. The van der Waals surface area contributed by atoms with Crippen LogP contribution in [0.4, 0.5) is 19.0 Å². The summed E-state index contributed by atoms with van der Waals surface area (Å²) in [5, 5.41) is 25.2. The van der Waals surface area contributed by atoms with Gasteiger partial charge in [0.05, 0.1) is 18.8 Å². The van der Waals surface area contributed by atoms with Crippen molar-refractivity contribution in [3.63, 3.8) is 0 Å². The molecule has 1 unspecified atom stereocenters. The van der Waals surface area contributed by atoms with Crippen LogP contribution >= 0.6 is 0 Å². The van der Waals surface area contributed by atoms with Crippen LogP contribution in [0.2, 0.25) is 0 Å². The first kappa shape index (κ1) is 28.5. The van der Waals surface area contributed by atoms with Gasteiger partial charge in [-0.2, -0.15) is 18.3 Å². The van der Waals surface area contributed by atoms with Crippen LogP contribution in [0.3, 0.4) is 0 Å². The third-order valence-corrected chi connectivity index (χ3v) is 6.21. The van der Waals surface area contributed by atoms with Crippen molar-refractivity contribution in [3.05, 3.63) is 60.0 Å². The van der Waals surface area contributed by atoms with Gasteiger partial charge in [0.25, 0.3) is 0 Å². The minimum Gasteiger partial charge on any atom is -0.464 e. The highest BCUT2D eigenvalue weighted by Crippen LogP contribution is 2.33. The number of anilines is 1. The molecule has 2 radical (unpaired) electrons. The van der Waals surface area contributed by atoms with E-state index in [9.17, 15) is 23.4 Å². The lowest BCUT2D eigenvalue weighted by molar-refractivity contribution is -0.148. The number of benzene rings is 1. The highest BCUT2D eigenvalue weighted by molar-refractivity contribution is 6.13. The highest BCUT2D eigenvalue weighted by atomic mass is 19.4. The van der Waals surface area contributed by atoms with Crippen molar-refractivity contribution >= 4 is 13.7 Å². The molecule has 39 heavy (non-hydrogen) atoms. The fourth-order valence-electron chi connectivity index (χ4n) is 4.25. The number of nitrogens with two attached hydrogens (primary N) is 1. The molecule has 0 saturated carbocycles. The van der Waals surface area contributed by atoms with Crippen LogP contribution in [0.15, 0.2) is 48.9 Å². The zero-order chi connectivity index (χ0) is 28.4. The number of aliphatic hydroxyl groups is 2. The van der Waals surface area contributed by atoms with Crippen molar-refractivity contribution in [1.29, 1.82) is 0 Å². The third kappa shape index (κ3) is 7.75. The van der Waals surface area contributed by atoms with E-state index in [1.54, 1.807) is 55.2 Å². The molecule has 3 heterocycles. The lowest BCUT2D eigenvalue weighted by atomic mass is 9.86. The predicted octanol–water partition coefficient (Wildman–Crippen LogP) is 3.20. The number of piperidine rings is 1. The molecular weight excluding hydrogens is 510 g/mol. The van der Waals surface area contributed by atoms with Gasteiger partial charge in [0.15, 0.2) is 25.1 Å². The van der Waals surface area contributed by atoms with Crippen molar-refractivity contribution in [2.45, 2.75) is 50.2 Å². The minimum absolute atomic E-state index is 0.00466. The summed E-state index contributed by atoms with van der Waals surface area (Å²) in [6.07, 6.45) is 1.82. The zero-order valence-electron chi connectivity index (χ0n) is 21.6. The number of likely N-dealkylation sites (tertiary alicyclic amines) is 1. The number of alkyl halides is 3. The van der Waals surface area contributed by atoms with Crippen molar-refractivity contribution in [1.82, 2.24) is 19.7 Å². The Kier molecular flexibility index (Phi) is 7.98. The number of aromatic nitrogens is 3. The lowest BCUT2D eigenvalue weighted by Crippen LogP contribution is -2.40. The largest absolute Gasteiger partial charge is 0.464 e. The average molecular weight is 539 g/mol. The van der Waals surface area contributed by atoms with E-state index in [1.165, 1.54) is 17.2 Å². The Hall–Kier alpha value is -3.53. The monoisotopic (exact) mass is 539 g/mol. The van der Waals surface area contributed by atoms with E-state index in [1.807, 2.05) is 0 Å². The number of halogens is 3. The lowest BCUT2D eigenvalue weighted by Gasteiger charge is -2.32. The smallest absolute Gasteiger partial charge is 0.401 e. The van der Waals surface area contributed by atoms with Crippen molar-refractivity contribution < 1.29 is 28.1 Å². The molecule has 1 aliphatic heterocycles. The summed E-state index contributed by atoms with van der Waals surface area (Å²) in [4.78, 5) is 5.56. The third-order valence-electron chi connectivity index (χ3n) is 6.21. The summed E-state index contributed by atoms with van der Waals surface area (Å²) in [7, 11) is 6.09. The number of hydrogen-bond donors (Lipinski definition) is 3. The van der Waals surface area contributed by atoms with Gasteiger partial charge in [-0.3, -0.25) is 9.58 Å². The molecule has 204 valence electrons. The number of rotatable bonds is 6. The van der Waals surface area contributed by atoms with Crippen LogP contribution in [0, 0.1) is 11.8 Å². The standard InChI is InChI=1S/C27H29BF3N5O3/c1-25(2,37)9-6-18-4-3-5-21(12-18)27(28,38)39-23-13-19(14-33-24(23)32)20-15-34-36(16-20)22-7-10-35(11-8-22)17-26(29,30)31/h3-5,12-16,22,37-38H,7-8,10-11,17H2,1-2H3,(H2,32,33). The first-order chi connectivity index (χ1) is 18.2. The van der Waals surface area contributed by atoms with Gasteiger partial charge >= 0.3 is 6.18 Å². The summed E-state index contributed by atoms with van der Waals surface area (Å²) in [6, 6.07) is 7.99. The van der Waals surface area contributed by atoms with E-state index in [0.29, 0.717) is 42.6 Å². The van der Waals surface area contributed by atoms with Gasteiger partial charge in [-0.1, -0.05) is 24.0 Å². The summed E-state index contributed by atoms with van der Waals surface area (Å²) in [5.74, 6) is 5.56. The van der Waals surface area contributed by atoms with Crippen LogP contribution in [0.5, 0.6) is 5.75 Å². The molecule has 0 bridgehead atoms. The molecule has 1 fully saturated rings. The number of nitrogens with zero attached hydrogens (tertiary/aromatic N) is 4. The Morgan fingerprint density at radius 3 is 2.51 bits per heavy atom. The van der Waals surface area contributed by atoms with Crippen molar-refractivity contribution in [3.8, 4) is 28.7 Å². The molecule has 0 aliphatic carbocycles. The maximum atomic E-state index is 12.7. The average Bonchev–Trinajstić information content (AvgIpc) is 3.34. The van der Waals surface area contributed by atoms with E-state index in [2.05, 4.69) is 21.9 Å². The minimum atomic E-state index is -4.21. The van der Waals surface area contributed by atoms with Crippen LogP contribution in [-0.4, -0.2) is 69.1 Å². The Morgan fingerprint density at radius 1 is 1.13 bits per heavy atom. The molecule has 12 heteroatoms. The number of ether oxygens (including phenoxy) is 1. The van der Waals surface area contributed by atoms with Crippen molar-refractivity contribution in [2.24, 2.45) is 0 Å². The summed E-state index contributed by atoms with van der Waals surface area (Å²) in [6.45, 7) is 2.87. The van der Waals surface area contributed by atoms with Gasteiger partial charge in [-0.15, -0.1) is 0 Å². The molecule has 0 amide bonds. The van der Waals surface area contributed by atoms with E-state index in [-0.39, 0.29) is 23.2 Å². The molecule has 2 aromatic heterocycles. The van der Waals surface area contributed by atoms with Crippen LogP contribution in [-0.2, 0) is 5.69 Å². The fraction of sp³-hybridized carbons (Fsp3) is 0.407. The first-order valence-corrected chi connectivity index (χ1v) is 12.3. The summed E-state index contributed by atoms with van der Waals surface area (Å²) >= 11 is 0. The maximum absolute atomic E-state index is 12.7. The van der Waals surface area contributed by atoms with Gasteiger partial charge in [-0.25, -0.2) is 4.98 Å². The Balaban J connectivity index is 1.48. The molecule has 4 rings (SSSR count). The fourth-order valence-corrected chi connectivity index (χ4v) is 4.25. The quantitative estimate of drug-likeness (QED) is 0.251.